The lowest BCUT2D eigenvalue weighted by atomic mass is 10.0. The number of amides is 2. The molecule has 2 atom stereocenters. The topological polar surface area (TPSA) is 96.1 Å². The van der Waals surface area contributed by atoms with Crippen molar-refractivity contribution in [3.8, 4) is 0 Å². The standard InChI is InChI=1S/C19H22F2N4O3/c1-2-22-19(27)28-15-4-3-12(8-15)16-10-17(25-24-16)23-18(26)7-11-5-13(20)9-14(21)6-11/h5-6,9-10,12,15H,2-4,7-8H2,1H3,(H,22,27)(H2,23,24,25,26). The first-order valence-corrected chi connectivity index (χ1v) is 9.17. The van der Waals surface area contributed by atoms with Crippen molar-refractivity contribution in [2.45, 2.75) is 44.6 Å². The number of ether oxygens (including phenoxy) is 1. The minimum absolute atomic E-state index is 0.148. The maximum Gasteiger partial charge on any atom is 0.407 e. The highest BCUT2D eigenvalue weighted by Gasteiger charge is 2.29. The zero-order valence-electron chi connectivity index (χ0n) is 15.4. The monoisotopic (exact) mass is 392 g/mol. The van der Waals surface area contributed by atoms with Crippen LogP contribution in [0.25, 0.3) is 0 Å². The van der Waals surface area contributed by atoms with Crippen LogP contribution in [0.3, 0.4) is 0 Å². The van der Waals surface area contributed by atoms with Gasteiger partial charge in [-0.15, -0.1) is 0 Å². The molecule has 1 aliphatic rings. The molecule has 0 spiro atoms. The Kier molecular flexibility index (Phi) is 6.23. The first-order chi connectivity index (χ1) is 13.4. The Hall–Kier alpha value is -2.97. The van der Waals surface area contributed by atoms with Gasteiger partial charge in [-0.1, -0.05) is 0 Å². The quantitative estimate of drug-likeness (QED) is 0.703. The summed E-state index contributed by atoms with van der Waals surface area (Å²) in [5.74, 6) is -1.39. The summed E-state index contributed by atoms with van der Waals surface area (Å²) >= 11 is 0. The van der Waals surface area contributed by atoms with Crippen LogP contribution in [0.5, 0.6) is 0 Å². The van der Waals surface area contributed by atoms with Gasteiger partial charge in [0.1, 0.15) is 17.7 Å². The third-order valence-electron chi connectivity index (χ3n) is 4.57. The molecule has 1 aromatic heterocycles. The lowest BCUT2D eigenvalue weighted by molar-refractivity contribution is -0.115. The summed E-state index contributed by atoms with van der Waals surface area (Å²) in [6.07, 6.45) is 1.54. The summed E-state index contributed by atoms with van der Waals surface area (Å²) in [5.41, 5.74) is 1.08. The molecule has 150 valence electrons. The highest BCUT2D eigenvalue weighted by molar-refractivity contribution is 5.91. The Morgan fingerprint density at radius 2 is 1.96 bits per heavy atom. The molecule has 9 heteroatoms. The Morgan fingerprint density at radius 3 is 2.68 bits per heavy atom. The van der Waals surface area contributed by atoms with E-state index < -0.39 is 23.6 Å². The summed E-state index contributed by atoms with van der Waals surface area (Å²) in [4.78, 5) is 23.6. The van der Waals surface area contributed by atoms with Crippen molar-refractivity contribution in [3.63, 3.8) is 0 Å². The van der Waals surface area contributed by atoms with Gasteiger partial charge in [-0.25, -0.2) is 13.6 Å². The lowest BCUT2D eigenvalue weighted by Crippen LogP contribution is -2.27. The molecule has 2 unspecified atom stereocenters. The van der Waals surface area contributed by atoms with Gasteiger partial charge < -0.3 is 15.4 Å². The molecule has 1 saturated carbocycles. The third kappa shape index (κ3) is 5.28. The van der Waals surface area contributed by atoms with Gasteiger partial charge in [-0.05, 0) is 43.9 Å². The first kappa shape index (κ1) is 19.8. The smallest absolute Gasteiger partial charge is 0.407 e. The number of benzene rings is 1. The van der Waals surface area contributed by atoms with Crippen LogP contribution in [-0.2, 0) is 16.0 Å². The Labute approximate surface area is 160 Å². The highest BCUT2D eigenvalue weighted by atomic mass is 19.1. The minimum atomic E-state index is -0.726. The molecule has 3 N–H and O–H groups in total. The zero-order valence-corrected chi connectivity index (χ0v) is 15.4. The number of nitrogens with zero attached hydrogens (tertiary/aromatic N) is 1. The second-order valence-corrected chi connectivity index (χ2v) is 6.78. The van der Waals surface area contributed by atoms with Crippen LogP contribution in [0.1, 0.15) is 43.4 Å². The molecular formula is C19H22F2N4O3. The Morgan fingerprint density at radius 1 is 1.21 bits per heavy atom. The number of alkyl carbamates (subject to hydrolysis) is 1. The number of nitrogens with one attached hydrogen (secondary N) is 3. The van der Waals surface area contributed by atoms with Crippen LogP contribution in [0, 0.1) is 11.6 Å². The van der Waals surface area contributed by atoms with E-state index >= 15 is 0 Å². The molecule has 3 rings (SSSR count). The normalized spacial score (nSPS) is 18.7. The average molecular weight is 392 g/mol. The fraction of sp³-hybridized carbons (Fsp3) is 0.421. The molecule has 1 fully saturated rings. The van der Waals surface area contributed by atoms with E-state index in [-0.39, 0.29) is 24.0 Å². The van der Waals surface area contributed by atoms with Crippen LogP contribution >= 0.6 is 0 Å². The van der Waals surface area contributed by atoms with Crippen molar-refractivity contribution in [1.29, 1.82) is 0 Å². The molecule has 7 nitrogen and oxygen atoms in total. The number of hydrogen-bond donors (Lipinski definition) is 3. The van der Waals surface area contributed by atoms with Gasteiger partial charge in [-0.3, -0.25) is 9.89 Å². The number of H-pyrrole nitrogens is 1. The van der Waals surface area contributed by atoms with Crippen LogP contribution in [0.2, 0.25) is 0 Å². The second kappa shape index (κ2) is 8.81. The van der Waals surface area contributed by atoms with E-state index in [1.165, 1.54) is 0 Å². The van der Waals surface area contributed by atoms with Crippen LogP contribution < -0.4 is 10.6 Å². The summed E-state index contributed by atoms with van der Waals surface area (Å²) in [6.45, 7) is 2.34. The summed E-state index contributed by atoms with van der Waals surface area (Å²) < 4.78 is 31.8. The Balaban J connectivity index is 1.53. The van der Waals surface area contributed by atoms with Crippen molar-refractivity contribution in [1.82, 2.24) is 15.5 Å². The highest BCUT2D eigenvalue weighted by Crippen LogP contribution is 2.35. The first-order valence-electron chi connectivity index (χ1n) is 9.17. The maximum atomic E-state index is 13.2. The van der Waals surface area contributed by atoms with Gasteiger partial charge in [0.15, 0.2) is 5.82 Å². The molecular weight excluding hydrogens is 370 g/mol. The van der Waals surface area contributed by atoms with E-state index in [1.807, 2.05) is 6.92 Å². The number of rotatable bonds is 6. The number of aromatic nitrogens is 2. The predicted molar refractivity (Wildman–Crippen MR) is 97.8 cm³/mol. The molecule has 0 radical (unpaired) electrons. The molecule has 2 amide bonds. The molecule has 0 saturated heterocycles. The average Bonchev–Trinajstić information content (AvgIpc) is 3.23. The van der Waals surface area contributed by atoms with Gasteiger partial charge in [0.2, 0.25) is 5.91 Å². The Bertz CT molecular complexity index is 835. The summed E-state index contributed by atoms with van der Waals surface area (Å²) in [5, 5.41) is 12.2. The van der Waals surface area contributed by atoms with Crippen LogP contribution in [0.4, 0.5) is 19.4 Å². The van der Waals surface area contributed by atoms with E-state index in [0.717, 1.165) is 36.7 Å². The predicted octanol–water partition coefficient (Wildman–Crippen LogP) is 3.25. The zero-order chi connectivity index (χ0) is 20.1. The second-order valence-electron chi connectivity index (χ2n) is 6.78. The molecule has 1 aliphatic carbocycles. The van der Waals surface area contributed by atoms with Crippen molar-refractivity contribution in [2.24, 2.45) is 0 Å². The van der Waals surface area contributed by atoms with Crippen molar-refractivity contribution in [2.75, 3.05) is 11.9 Å². The van der Waals surface area contributed by atoms with Crippen molar-refractivity contribution in [3.05, 3.63) is 47.2 Å². The molecule has 2 aromatic rings. The lowest BCUT2D eigenvalue weighted by Gasteiger charge is -2.12. The number of hydrogen-bond acceptors (Lipinski definition) is 4. The third-order valence-corrected chi connectivity index (χ3v) is 4.57. The molecule has 0 bridgehead atoms. The van der Waals surface area contributed by atoms with Gasteiger partial charge in [0.25, 0.3) is 0 Å². The number of carbonyl (C=O) groups excluding carboxylic acids is 2. The number of aromatic amines is 1. The summed E-state index contributed by atoms with van der Waals surface area (Å²) in [6, 6.07) is 4.72. The maximum absolute atomic E-state index is 13.2. The minimum Gasteiger partial charge on any atom is -0.446 e. The molecule has 1 aromatic carbocycles. The van der Waals surface area contributed by atoms with Gasteiger partial charge >= 0.3 is 6.09 Å². The van der Waals surface area contributed by atoms with Gasteiger partial charge in [0, 0.05) is 30.3 Å². The van der Waals surface area contributed by atoms with Crippen LogP contribution in [-0.4, -0.2) is 34.8 Å². The van der Waals surface area contributed by atoms with Gasteiger partial charge in [-0.2, -0.15) is 5.10 Å². The molecule has 28 heavy (non-hydrogen) atoms. The molecule has 1 heterocycles. The SMILES string of the molecule is CCNC(=O)OC1CCC(c2cc(NC(=O)Cc3cc(F)cc(F)c3)n[nH]2)C1. The van der Waals surface area contributed by atoms with E-state index in [1.54, 1.807) is 6.07 Å². The number of carbonyl (C=O) groups is 2. The number of halogens is 2. The van der Waals surface area contributed by atoms with E-state index in [2.05, 4.69) is 20.8 Å². The van der Waals surface area contributed by atoms with E-state index in [0.29, 0.717) is 18.8 Å². The number of anilines is 1. The van der Waals surface area contributed by atoms with Crippen molar-refractivity contribution < 1.29 is 23.1 Å². The fourth-order valence-corrected chi connectivity index (χ4v) is 3.36. The summed E-state index contributed by atoms with van der Waals surface area (Å²) in [7, 11) is 0. The van der Waals surface area contributed by atoms with E-state index in [4.69, 9.17) is 4.74 Å². The van der Waals surface area contributed by atoms with Crippen molar-refractivity contribution >= 4 is 17.8 Å². The largest absolute Gasteiger partial charge is 0.446 e. The van der Waals surface area contributed by atoms with E-state index in [9.17, 15) is 18.4 Å². The fourth-order valence-electron chi connectivity index (χ4n) is 3.36. The van der Waals surface area contributed by atoms with Gasteiger partial charge in [0.05, 0.1) is 6.42 Å². The van der Waals surface area contributed by atoms with Crippen LogP contribution in [0.15, 0.2) is 24.3 Å². The molecule has 0 aliphatic heterocycles.